The number of likely N-dealkylation sites (N-methyl/N-ethyl adjacent to an activating group) is 1. The second-order valence-electron chi connectivity index (χ2n) is 5.74. The van der Waals surface area contributed by atoms with E-state index < -0.39 is 0 Å². The largest absolute Gasteiger partial charge is 0.320 e. The lowest BCUT2D eigenvalue weighted by molar-refractivity contribution is -0.128. The van der Waals surface area contributed by atoms with E-state index in [0.717, 1.165) is 13.0 Å². The molecule has 1 N–H and O–H groups in total. The van der Waals surface area contributed by atoms with Crippen LogP contribution in [0.15, 0.2) is 24.3 Å². The standard InChI is InChI=1S/C16H25N3O/c1-5-13-6-8-14(9-7-13)16-17-10-15(20)19(16)11-12(2)18(3)4/h6-9,12,16-17H,5,10-11H2,1-4H3. The molecule has 4 nitrogen and oxygen atoms in total. The highest BCUT2D eigenvalue weighted by molar-refractivity contribution is 5.81. The molecule has 2 rings (SSSR count). The zero-order chi connectivity index (χ0) is 14.7. The number of benzene rings is 1. The molecule has 1 amide bonds. The van der Waals surface area contributed by atoms with Gasteiger partial charge in [-0.2, -0.15) is 0 Å². The molecule has 1 fully saturated rings. The van der Waals surface area contributed by atoms with Gasteiger partial charge in [0.25, 0.3) is 0 Å². The van der Waals surface area contributed by atoms with E-state index in [1.54, 1.807) is 0 Å². The smallest absolute Gasteiger partial charge is 0.238 e. The maximum atomic E-state index is 12.1. The maximum Gasteiger partial charge on any atom is 0.238 e. The van der Waals surface area contributed by atoms with Crippen molar-refractivity contribution in [2.45, 2.75) is 32.5 Å². The number of amides is 1. The van der Waals surface area contributed by atoms with Crippen molar-refractivity contribution in [3.05, 3.63) is 35.4 Å². The van der Waals surface area contributed by atoms with Gasteiger partial charge >= 0.3 is 0 Å². The van der Waals surface area contributed by atoms with E-state index in [1.807, 2.05) is 19.0 Å². The molecule has 0 aromatic heterocycles. The Morgan fingerprint density at radius 1 is 1.35 bits per heavy atom. The predicted octanol–water partition coefficient (Wildman–Crippen LogP) is 1.63. The van der Waals surface area contributed by atoms with Crippen LogP contribution < -0.4 is 5.32 Å². The number of aryl methyl sites for hydroxylation is 1. The monoisotopic (exact) mass is 275 g/mol. The lowest BCUT2D eigenvalue weighted by Gasteiger charge is -2.30. The van der Waals surface area contributed by atoms with Gasteiger partial charge in [-0.05, 0) is 38.6 Å². The average Bonchev–Trinajstić information content (AvgIpc) is 2.80. The summed E-state index contributed by atoms with van der Waals surface area (Å²) >= 11 is 0. The Balaban J connectivity index is 2.14. The Labute approximate surface area is 121 Å². The van der Waals surface area contributed by atoms with Gasteiger partial charge in [-0.15, -0.1) is 0 Å². The molecule has 0 bridgehead atoms. The topological polar surface area (TPSA) is 35.6 Å². The molecule has 4 heteroatoms. The van der Waals surface area contributed by atoms with Crippen LogP contribution in [-0.2, 0) is 11.2 Å². The fourth-order valence-electron chi connectivity index (χ4n) is 2.43. The first-order valence-corrected chi connectivity index (χ1v) is 7.31. The first-order valence-electron chi connectivity index (χ1n) is 7.31. The van der Waals surface area contributed by atoms with Crippen LogP contribution in [0, 0.1) is 0 Å². The van der Waals surface area contributed by atoms with Gasteiger partial charge < -0.3 is 9.80 Å². The van der Waals surface area contributed by atoms with Gasteiger partial charge in [0, 0.05) is 12.6 Å². The Morgan fingerprint density at radius 2 is 2.00 bits per heavy atom. The van der Waals surface area contributed by atoms with Gasteiger partial charge in [-0.25, -0.2) is 0 Å². The highest BCUT2D eigenvalue weighted by atomic mass is 16.2. The van der Waals surface area contributed by atoms with Crippen molar-refractivity contribution in [2.75, 3.05) is 27.2 Å². The molecule has 110 valence electrons. The molecule has 1 aliphatic heterocycles. The van der Waals surface area contributed by atoms with Gasteiger partial charge in [0.05, 0.1) is 6.54 Å². The first-order chi connectivity index (χ1) is 9.52. The Bertz CT molecular complexity index is 455. The summed E-state index contributed by atoms with van der Waals surface area (Å²) < 4.78 is 0. The van der Waals surface area contributed by atoms with Crippen LogP contribution in [-0.4, -0.2) is 48.9 Å². The number of carbonyl (C=O) groups is 1. The van der Waals surface area contributed by atoms with Crippen molar-refractivity contribution < 1.29 is 4.79 Å². The number of carbonyl (C=O) groups excluding carboxylic acids is 1. The van der Waals surface area contributed by atoms with E-state index in [2.05, 4.69) is 48.3 Å². The fraction of sp³-hybridized carbons (Fsp3) is 0.562. The molecule has 1 aromatic rings. The average molecular weight is 275 g/mol. The summed E-state index contributed by atoms with van der Waals surface area (Å²) in [6, 6.07) is 8.89. The zero-order valence-electron chi connectivity index (χ0n) is 12.9. The Kier molecular flexibility index (Phi) is 4.78. The van der Waals surface area contributed by atoms with Crippen molar-refractivity contribution in [2.24, 2.45) is 0 Å². The lowest BCUT2D eigenvalue weighted by Crippen LogP contribution is -2.41. The Hall–Kier alpha value is -1.39. The number of rotatable bonds is 5. The van der Waals surface area contributed by atoms with Gasteiger partial charge in [-0.3, -0.25) is 10.1 Å². The van der Waals surface area contributed by atoms with E-state index >= 15 is 0 Å². The number of hydrogen-bond donors (Lipinski definition) is 1. The SMILES string of the molecule is CCc1ccc(C2NCC(=O)N2CC(C)N(C)C)cc1. The van der Waals surface area contributed by atoms with Crippen LogP contribution >= 0.6 is 0 Å². The third kappa shape index (κ3) is 3.19. The van der Waals surface area contributed by atoms with Crippen molar-refractivity contribution in [3.8, 4) is 0 Å². The molecule has 0 aliphatic carbocycles. The van der Waals surface area contributed by atoms with Crippen LogP contribution in [0.2, 0.25) is 0 Å². The fourth-order valence-corrected chi connectivity index (χ4v) is 2.43. The normalized spacial score (nSPS) is 20.8. The molecule has 1 heterocycles. The van der Waals surface area contributed by atoms with Gasteiger partial charge in [0.2, 0.25) is 5.91 Å². The minimum absolute atomic E-state index is 0.0100. The molecule has 0 radical (unpaired) electrons. The number of nitrogens with zero attached hydrogens (tertiary/aromatic N) is 2. The highest BCUT2D eigenvalue weighted by Crippen LogP contribution is 2.23. The molecule has 1 aliphatic rings. The van der Waals surface area contributed by atoms with Crippen LogP contribution in [0.4, 0.5) is 0 Å². The highest BCUT2D eigenvalue weighted by Gasteiger charge is 2.32. The second-order valence-corrected chi connectivity index (χ2v) is 5.74. The summed E-state index contributed by atoms with van der Waals surface area (Å²) in [6.07, 6.45) is 1.05. The van der Waals surface area contributed by atoms with Gasteiger partial charge in [0.15, 0.2) is 0 Å². The summed E-state index contributed by atoms with van der Waals surface area (Å²) in [7, 11) is 4.09. The van der Waals surface area contributed by atoms with E-state index in [1.165, 1.54) is 11.1 Å². The number of hydrogen-bond acceptors (Lipinski definition) is 3. The van der Waals surface area contributed by atoms with Gasteiger partial charge in [-0.1, -0.05) is 31.2 Å². The van der Waals surface area contributed by atoms with Gasteiger partial charge in [0.1, 0.15) is 6.17 Å². The quantitative estimate of drug-likeness (QED) is 0.887. The van der Waals surface area contributed by atoms with E-state index in [9.17, 15) is 4.79 Å². The molecular weight excluding hydrogens is 250 g/mol. The van der Waals surface area contributed by atoms with E-state index in [-0.39, 0.29) is 12.1 Å². The van der Waals surface area contributed by atoms with Crippen molar-refractivity contribution in [1.82, 2.24) is 15.1 Å². The van der Waals surface area contributed by atoms with Crippen LogP contribution in [0.5, 0.6) is 0 Å². The summed E-state index contributed by atoms with van der Waals surface area (Å²) in [5, 5.41) is 3.31. The van der Waals surface area contributed by atoms with Crippen LogP contribution in [0.1, 0.15) is 31.1 Å². The van der Waals surface area contributed by atoms with Crippen molar-refractivity contribution >= 4 is 5.91 Å². The first kappa shape index (κ1) is 15.0. The molecule has 2 unspecified atom stereocenters. The summed E-state index contributed by atoms with van der Waals surface area (Å²) in [4.78, 5) is 16.2. The van der Waals surface area contributed by atoms with Crippen molar-refractivity contribution in [1.29, 1.82) is 0 Å². The number of nitrogens with one attached hydrogen (secondary N) is 1. The predicted molar refractivity (Wildman–Crippen MR) is 81.4 cm³/mol. The molecule has 0 saturated carbocycles. The Morgan fingerprint density at radius 3 is 2.55 bits per heavy atom. The third-order valence-corrected chi connectivity index (χ3v) is 4.12. The molecule has 0 spiro atoms. The minimum Gasteiger partial charge on any atom is -0.320 e. The summed E-state index contributed by atoms with van der Waals surface area (Å²) in [6.45, 7) is 5.47. The molecular formula is C16H25N3O. The molecule has 2 atom stereocenters. The van der Waals surface area contributed by atoms with E-state index in [4.69, 9.17) is 0 Å². The summed E-state index contributed by atoms with van der Waals surface area (Å²) in [5.74, 6) is 0.184. The third-order valence-electron chi connectivity index (χ3n) is 4.12. The maximum absolute atomic E-state index is 12.1. The van der Waals surface area contributed by atoms with Crippen molar-refractivity contribution in [3.63, 3.8) is 0 Å². The lowest BCUT2D eigenvalue weighted by atomic mass is 10.1. The minimum atomic E-state index is 0.0100. The molecule has 1 aromatic carbocycles. The van der Waals surface area contributed by atoms with Crippen LogP contribution in [0.3, 0.4) is 0 Å². The summed E-state index contributed by atoms with van der Waals surface area (Å²) in [5.41, 5.74) is 2.49. The zero-order valence-corrected chi connectivity index (χ0v) is 12.9. The molecule has 1 saturated heterocycles. The second kappa shape index (κ2) is 6.37. The van der Waals surface area contributed by atoms with E-state index in [0.29, 0.717) is 12.6 Å². The molecule has 20 heavy (non-hydrogen) atoms. The van der Waals surface area contributed by atoms with Crippen LogP contribution in [0.25, 0.3) is 0 Å².